The van der Waals surface area contributed by atoms with E-state index in [0.29, 0.717) is 27.7 Å². The summed E-state index contributed by atoms with van der Waals surface area (Å²) in [7, 11) is 0. The van der Waals surface area contributed by atoms with Crippen molar-refractivity contribution in [3.8, 4) is 11.1 Å². The number of halogens is 1. The molecule has 4 N–H and O–H groups in total. The van der Waals surface area contributed by atoms with E-state index < -0.39 is 11.9 Å². The Kier molecular flexibility index (Phi) is 4.43. The van der Waals surface area contributed by atoms with Crippen molar-refractivity contribution < 1.29 is 14.3 Å². The van der Waals surface area contributed by atoms with Gasteiger partial charge < -0.3 is 16.2 Å². The second-order valence-corrected chi connectivity index (χ2v) is 8.39. The zero-order valence-corrected chi connectivity index (χ0v) is 16.6. The van der Waals surface area contributed by atoms with Crippen LogP contribution in [0.4, 0.5) is 15.9 Å². The van der Waals surface area contributed by atoms with Crippen LogP contribution in [-0.2, 0) is 4.79 Å². The number of aliphatic hydroxyl groups is 1. The number of carbonyl (C=O) groups excluding carboxylic acids is 1. The first kappa shape index (κ1) is 18.9. The van der Waals surface area contributed by atoms with Gasteiger partial charge in [0.1, 0.15) is 5.82 Å². The highest BCUT2D eigenvalue weighted by Gasteiger charge is 2.58. The van der Waals surface area contributed by atoms with Crippen molar-refractivity contribution in [3.63, 3.8) is 0 Å². The smallest absolute Gasteiger partial charge is 0.229 e. The first-order chi connectivity index (χ1) is 14.5. The summed E-state index contributed by atoms with van der Waals surface area (Å²) < 4.78 is 15.0. The fourth-order valence-corrected chi connectivity index (χ4v) is 4.94. The predicted octanol–water partition coefficient (Wildman–Crippen LogP) is 3.67. The first-order valence-corrected chi connectivity index (χ1v) is 10.2. The zero-order valence-electron chi connectivity index (χ0n) is 16.6. The quantitative estimate of drug-likeness (QED) is 0.576. The molecule has 1 amide bonds. The molecule has 30 heavy (non-hydrogen) atoms. The van der Waals surface area contributed by atoms with E-state index in [2.05, 4.69) is 15.3 Å². The van der Waals surface area contributed by atoms with Crippen molar-refractivity contribution in [1.29, 1.82) is 0 Å². The van der Waals surface area contributed by atoms with Gasteiger partial charge in [-0.1, -0.05) is 6.42 Å². The number of hydrogen-bond donors (Lipinski definition) is 3. The van der Waals surface area contributed by atoms with Crippen LogP contribution in [0.5, 0.6) is 0 Å². The number of hydrogen-bond acceptors (Lipinski definition) is 5. The molecular formula is C23H23FN4O2. The summed E-state index contributed by atoms with van der Waals surface area (Å²) in [6.45, 7) is 1.89. The Labute approximate surface area is 173 Å². The molecule has 0 saturated heterocycles. The van der Waals surface area contributed by atoms with Crippen molar-refractivity contribution in [3.05, 3.63) is 48.2 Å². The van der Waals surface area contributed by atoms with Gasteiger partial charge in [0.25, 0.3) is 0 Å². The average molecular weight is 406 g/mol. The number of aryl methyl sites for hydroxylation is 1. The van der Waals surface area contributed by atoms with Gasteiger partial charge in [0.2, 0.25) is 5.91 Å². The molecule has 0 bridgehead atoms. The number of nitrogens with one attached hydrogen (secondary N) is 1. The number of pyridine rings is 2. The van der Waals surface area contributed by atoms with Gasteiger partial charge in [-0.3, -0.25) is 9.78 Å². The number of fused-ring (bicyclic) bond motifs is 2. The number of aromatic nitrogens is 2. The van der Waals surface area contributed by atoms with Crippen LogP contribution in [0.1, 0.15) is 24.8 Å². The average Bonchev–Trinajstić information content (AvgIpc) is 3.47. The molecule has 2 heterocycles. The van der Waals surface area contributed by atoms with Gasteiger partial charge in [0.15, 0.2) is 5.82 Å². The third-order valence-electron chi connectivity index (χ3n) is 6.59. The third kappa shape index (κ3) is 3.01. The molecule has 0 unspecified atom stereocenters. The highest BCUT2D eigenvalue weighted by atomic mass is 19.1. The summed E-state index contributed by atoms with van der Waals surface area (Å²) in [6, 6.07) is 5.24. The molecule has 0 radical (unpaired) electrons. The van der Waals surface area contributed by atoms with Crippen molar-refractivity contribution in [2.24, 2.45) is 17.8 Å². The van der Waals surface area contributed by atoms with E-state index in [0.717, 1.165) is 24.8 Å². The van der Waals surface area contributed by atoms with Gasteiger partial charge in [0.05, 0.1) is 11.8 Å². The maximum absolute atomic E-state index is 15.0. The van der Waals surface area contributed by atoms with Crippen LogP contribution < -0.4 is 11.1 Å². The lowest BCUT2D eigenvalue weighted by Gasteiger charge is -2.14. The first-order valence-electron chi connectivity index (χ1n) is 10.2. The molecule has 3 aromatic rings. The SMILES string of the molecule is Cc1ccncc1-c1cc2cc(NC(=O)[C@@H]3[C@H]4CCC[C@@H](O)[C@H]43)ncc2c(N)c1F. The van der Waals surface area contributed by atoms with Gasteiger partial charge in [-0.15, -0.1) is 0 Å². The molecular weight excluding hydrogens is 383 g/mol. The summed E-state index contributed by atoms with van der Waals surface area (Å²) in [5, 5.41) is 14.2. The molecule has 0 aliphatic heterocycles. The van der Waals surface area contributed by atoms with E-state index in [1.807, 2.05) is 13.0 Å². The van der Waals surface area contributed by atoms with E-state index >= 15 is 0 Å². The summed E-state index contributed by atoms with van der Waals surface area (Å²) in [5.41, 5.74) is 8.00. The fraction of sp³-hybridized carbons (Fsp3) is 0.348. The second-order valence-electron chi connectivity index (χ2n) is 8.39. The minimum absolute atomic E-state index is 0.0208. The van der Waals surface area contributed by atoms with Crippen molar-refractivity contribution in [2.75, 3.05) is 11.1 Å². The lowest BCUT2D eigenvalue weighted by atomic mass is 9.98. The molecule has 7 heteroatoms. The Morgan fingerprint density at radius 1 is 1.27 bits per heavy atom. The molecule has 5 rings (SSSR count). The third-order valence-corrected chi connectivity index (χ3v) is 6.59. The molecule has 2 aliphatic carbocycles. The Bertz CT molecular complexity index is 1170. The summed E-state index contributed by atoms with van der Waals surface area (Å²) in [5.74, 6) is -0.0648. The number of amides is 1. The zero-order chi connectivity index (χ0) is 21.0. The van der Waals surface area contributed by atoms with Crippen LogP contribution in [0.15, 0.2) is 36.8 Å². The second kappa shape index (κ2) is 7.02. The van der Waals surface area contributed by atoms with E-state index in [1.54, 1.807) is 24.5 Å². The maximum atomic E-state index is 15.0. The highest BCUT2D eigenvalue weighted by Crippen LogP contribution is 2.55. The molecule has 2 aromatic heterocycles. The Morgan fingerprint density at radius 2 is 2.10 bits per heavy atom. The van der Waals surface area contributed by atoms with Crippen LogP contribution >= 0.6 is 0 Å². The van der Waals surface area contributed by atoms with Gasteiger partial charge in [-0.05, 0) is 54.8 Å². The van der Waals surface area contributed by atoms with Crippen LogP contribution in [0.3, 0.4) is 0 Å². The van der Waals surface area contributed by atoms with Crippen molar-refractivity contribution >= 4 is 28.2 Å². The van der Waals surface area contributed by atoms with Crippen LogP contribution in [0.2, 0.25) is 0 Å². The number of carbonyl (C=O) groups is 1. The Hall–Kier alpha value is -3.06. The van der Waals surface area contributed by atoms with Crippen molar-refractivity contribution in [2.45, 2.75) is 32.3 Å². The van der Waals surface area contributed by atoms with Crippen LogP contribution in [-0.4, -0.2) is 27.1 Å². The summed E-state index contributed by atoms with van der Waals surface area (Å²) in [4.78, 5) is 21.1. The topological polar surface area (TPSA) is 101 Å². The van der Waals surface area contributed by atoms with E-state index in [9.17, 15) is 14.3 Å². The Balaban J connectivity index is 1.47. The van der Waals surface area contributed by atoms with E-state index in [-0.39, 0.29) is 29.3 Å². The van der Waals surface area contributed by atoms with Gasteiger partial charge in [-0.2, -0.15) is 0 Å². The van der Waals surface area contributed by atoms with Crippen molar-refractivity contribution in [1.82, 2.24) is 9.97 Å². The number of aliphatic hydroxyl groups excluding tert-OH is 1. The number of rotatable bonds is 3. The minimum Gasteiger partial charge on any atom is -0.396 e. The summed E-state index contributed by atoms with van der Waals surface area (Å²) >= 11 is 0. The molecule has 1 aromatic carbocycles. The monoisotopic (exact) mass is 406 g/mol. The fourth-order valence-electron chi connectivity index (χ4n) is 4.94. The molecule has 4 atom stereocenters. The molecule has 2 fully saturated rings. The number of nitrogens with zero attached hydrogens (tertiary/aromatic N) is 2. The van der Waals surface area contributed by atoms with Crippen LogP contribution in [0, 0.1) is 30.5 Å². The standard InChI is InChI=1S/C23H23FN4O2/c1-11-5-6-26-9-15(11)14-7-12-8-18(27-10-16(12)22(25)21(14)24)28-23(30)20-13-3-2-4-17(29)19(13)20/h5-10,13,17,19-20,29H,2-4,25H2,1H3,(H,27,28,30)/t13-,17+,19-,20+/m0/s1. The molecule has 2 aliphatic rings. The molecule has 154 valence electrons. The number of nitrogen functional groups attached to an aromatic ring is 1. The molecule has 2 saturated carbocycles. The van der Waals surface area contributed by atoms with Gasteiger partial charge in [0, 0.05) is 46.9 Å². The van der Waals surface area contributed by atoms with Crippen LogP contribution in [0.25, 0.3) is 21.9 Å². The number of benzene rings is 1. The van der Waals surface area contributed by atoms with E-state index in [4.69, 9.17) is 5.73 Å². The van der Waals surface area contributed by atoms with Gasteiger partial charge in [-0.25, -0.2) is 9.37 Å². The number of anilines is 2. The minimum atomic E-state index is -0.506. The lowest BCUT2D eigenvalue weighted by Crippen LogP contribution is -2.19. The predicted molar refractivity (Wildman–Crippen MR) is 113 cm³/mol. The molecule has 6 nitrogen and oxygen atoms in total. The maximum Gasteiger partial charge on any atom is 0.229 e. The summed E-state index contributed by atoms with van der Waals surface area (Å²) in [6.07, 6.45) is 7.07. The molecule has 0 spiro atoms. The Morgan fingerprint density at radius 3 is 2.87 bits per heavy atom. The lowest BCUT2D eigenvalue weighted by molar-refractivity contribution is -0.118. The van der Waals surface area contributed by atoms with Gasteiger partial charge >= 0.3 is 0 Å². The van der Waals surface area contributed by atoms with E-state index in [1.165, 1.54) is 6.20 Å². The highest BCUT2D eigenvalue weighted by molar-refractivity contribution is 6.00. The largest absolute Gasteiger partial charge is 0.396 e. The normalized spacial score (nSPS) is 25.0. The number of nitrogens with two attached hydrogens (primary N) is 1.